The minimum atomic E-state index is 1.29. The fourth-order valence-corrected chi connectivity index (χ4v) is 3.84. The summed E-state index contributed by atoms with van der Waals surface area (Å²) < 4.78 is 0. The Hall–Kier alpha value is -0.300. The summed E-state index contributed by atoms with van der Waals surface area (Å²) in [6.07, 6.45) is 23.1. The molecule has 0 nitrogen and oxygen atoms in total. The number of hydrogen-bond donors (Lipinski definition) is 0. The highest BCUT2D eigenvalue weighted by molar-refractivity contribution is 7.07. The van der Waals surface area contributed by atoms with Crippen molar-refractivity contribution in [2.75, 3.05) is 0 Å². The van der Waals surface area contributed by atoms with Crippen LogP contribution in [0.2, 0.25) is 0 Å². The maximum absolute atomic E-state index is 2.30. The Labute approximate surface area is 143 Å². The molecular weight excluding hydrogens is 284 g/mol. The Morgan fingerprint density at radius 3 is 1.50 bits per heavy atom. The molecule has 0 aliphatic rings. The van der Waals surface area contributed by atoms with E-state index in [0.29, 0.717) is 0 Å². The van der Waals surface area contributed by atoms with Crippen LogP contribution >= 0.6 is 11.3 Å². The summed E-state index contributed by atoms with van der Waals surface area (Å²) in [4.78, 5) is 0. The highest BCUT2D eigenvalue weighted by Crippen LogP contribution is 2.14. The van der Waals surface area contributed by atoms with Crippen LogP contribution in [0.15, 0.2) is 16.8 Å². The van der Waals surface area contributed by atoms with Gasteiger partial charge in [-0.1, -0.05) is 96.8 Å². The van der Waals surface area contributed by atoms with Gasteiger partial charge in [0.2, 0.25) is 0 Å². The van der Waals surface area contributed by atoms with Gasteiger partial charge in [-0.05, 0) is 35.2 Å². The van der Waals surface area contributed by atoms with Crippen LogP contribution in [0.4, 0.5) is 0 Å². The summed E-state index contributed by atoms with van der Waals surface area (Å²) in [6, 6.07) is 2.27. The molecule has 0 N–H and O–H groups in total. The first-order valence-corrected chi connectivity index (χ1v) is 10.9. The standard InChI is InChI=1S/C21H38S/c1-2-3-4-5-6-7-8-9-10-11-12-13-14-15-16-17-21-18-19-22-20-21/h18-20H,2-17H2,1H3. The zero-order valence-corrected chi connectivity index (χ0v) is 15.8. The number of aryl methyl sites for hydroxylation is 1. The Morgan fingerprint density at radius 1 is 0.636 bits per heavy atom. The maximum atomic E-state index is 2.30. The molecule has 0 atom stereocenters. The number of thiophene rings is 1. The van der Waals surface area contributed by atoms with Gasteiger partial charge in [-0.3, -0.25) is 0 Å². The first kappa shape index (κ1) is 19.7. The molecular formula is C21H38S. The molecule has 0 aliphatic carbocycles. The molecule has 0 fully saturated rings. The van der Waals surface area contributed by atoms with Crippen molar-refractivity contribution in [3.63, 3.8) is 0 Å². The van der Waals surface area contributed by atoms with E-state index in [9.17, 15) is 0 Å². The highest BCUT2D eigenvalue weighted by atomic mass is 32.1. The molecule has 1 aromatic heterocycles. The Balaban J connectivity index is 1.68. The van der Waals surface area contributed by atoms with Crippen molar-refractivity contribution in [3.8, 4) is 0 Å². The van der Waals surface area contributed by atoms with Crippen molar-refractivity contribution in [2.45, 2.75) is 110 Å². The third kappa shape index (κ3) is 12.3. The van der Waals surface area contributed by atoms with E-state index < -0.39 is 0 Å². The van der Waals surface area contributed by atoms with Gasteiger partial charge < -0.3 is 0 Å². The zero-order chi connectivity index (χ0) is 15.7. The average Bonchev–Trinajstić information content (AvgIpc) is 3.04. The van der Waals surface area contributed by atoms with Gasteiger partial charge in [0.15, 0.2) is 0 Å². The molecule has 0 aromatic carbocycles. The van der Waals surface area contributed by atoms with Gasteiger partial charge >= 0.3 is 0 Å². The van der Waals surface area contributed by atoms with Crippen LogP contribution in [-0.2, 0) is 6.42 Å². The summed E-state index contributed by atoms with van der Waals surface area (Å²) in [5.74, 6) is 0. The SMILES string of the molecule is CCCCCCCCCCCCCCCCCc1ccsc1. The van der Waals surface area contributed by atoms with Crippen LogP contribution < -0.4 is 0 Å². The third-order valence-electron chi connectivity index (χ3n) is 4.65. The van der Waals surface area contributed by atoms with Crippen LogP contribution in [0.3, 0.4) is 0 Å². The van der Waals surface area contributed by atoms with E-state index in [4.69, 9.17) is 0 Å². The normalized spacial score (nSPS) is 11.1. The minimum absolute atomic E-state index is 1.29. The van der Waals surface area contributed by atoms with Crippen LogP contribution in [0.1, 0.15) is 109 Å². The fraction of sp³-hybridized carbons (Fsp3) is 0.810. The summed E-state index contributed by atoms with van der Waals surface area (Å²) >= 11 is 1.83. The lowest BCUT2D eigenvalue weighted by Crippen LogP contribution is -1.85. The lowest BCUT2D eigenvalue weighted by atomic mass is 10.0. The maximum Gasteiger partial charge on any atom is -0.00613 e. The van der Waals surface area contributed by atoms with E-state index in [1.807, 2.05) is 11.3 Å². The van der Waals surface area contributed by atoms with Gasteiger partial charge in [-0.2, -0.15) is 11.3 Å². The molecule has 0 bridgehead atoms. The number of unbranched alkanes of at least 4 members (excludes halogenated alkanes) is 14. The lowest BCUT2D eigenvalue weighted by molar-refractivity contribution is 0.532. The molecule has 0 saturated carbocycles. The molecule has 0 unspecified atom stereocenters. The van der Waals surface area contributed by atoms with E-state index in [-0.39, 0.29) is 0 Å². The molecule has 0 aliphatic heterocycles. The quantitative estimate of drug-likeness (QED) is 0.269. The van der Waals surface area contributed by atoms with Gasteiger partial charge in [0.25, 0.3) is 0 Å². The highest BCUT2D eigenvalue weighted by Gasteiger charge is 1.95. The molecule has 22 heavy (non-hydrogen) atoms. The third-order valence-corrected chi connectivity index (χ3v) is 5.38. The van der Waals surface area contributed by atoms with Crippen molar-refractivity contribution in [3.05, 3.63) is 22.4 Å². The summed E-state index contributed by atoms with van der Waals surface area (Å²) in [7, 11) is 0. The number of rotatable bonds is 16. The van der Waals surface area contributed by atoms with Crippen molar-refractivity contribution in [1.29, 1.82) is 0 Å². The Bertz CT molecular complexity index is 302. The van der Waals surface area contributed by atoms with Gasteiger partial charge in [-0.15, -0.1) is 0 Å². The topological polar surface area (TPSA) is 0 Å². The van der Waals surface area contributed by atoms with Gasteiger partial charge in [0.05, 0.1) is 0 Å². The van der Waals surface area contributed by atoms with Gasteiger partial charge in [0, 0.05) is 0 Å². The molecule has 1 heterocycles. The first-order valence-electron chi connectivity index (χ1n) is 9.94. The molecule has 1 heteroatoms. The van der Waals surface area contributed by atoms with Gasteiger partial charge in [-0.25, -0.2) is 0 Å². The Morgan fingerprint density at radius 2 is 1.09 bits per heavy atom. The molecule has 0 amide bonds. The van der Waals surface area contributed by atoms with E-state index in [2.05, 4.69) is 23.8 Å². The monoisotopic (exact) mass is 322 g/mol. The minimum Gasteiger partial charge on any atom is -0.152 e. The molecule has 1 aromatic rings. The lowest BCUT2D eigenvalue weighted by Gasteiger charge is -2.03. The van der Waals surface area contributed by atoms with Crippen LogP contribution in [0.5, 0.6) is 0 Å². The van der Waals surface area contributed by atoms with E-state index in [1.165, 1.54) is 103 Å². The predicted molar refractivity (Wildman–Crippen MR) is 103 cm³/mol. The second kappa shape index (κ2) is 15.6. The number of hydrogen-bond acceptors (Lipinski definition) is 1. The molecule has 0 radical (unpaired) electrons. The van der Waals surface area contributed by atoms with Crippen molar-refractivity contribution in [2.24, 2.45) is 0 Å². The van der Waals surface area contributed by atoms with Crippen LogP contribution in [-0.4, -0.2) is 0 Å². The van der Waals surface area contributed by atoms with Crippen molar-refractivity contribution in [1.82, 2.24) is 0 Å². The second-order valence-electron chi connectivity index (χ2n) is 6.83. The van der Waals surface area contributed by atoms with E-state index >= 15 is 0 Å². The second-order valence-corrected chi connectivity index (χ2v) is 7.61. The van der Waals surface area contributed by atoms with E-state index in [1.54, 1.807) is 5.56 Å². The fourth-order valence-electron chi connectivity index (χ4n) is 3.14. The first-order chi connectivity index (χ1) is 10.9. The van der Waals surface area contributed by atoms with Crippen LogP contribution in [0, 0.1) is 0 Å². The summed E-state index contributed by atoms with van der Waals surface area (Å²) in [5.41, 5.74) is 1.54. The smallest absolute Gasteiger partial charge is 0.00613 e. The zero-order valence-electron chi connectivity index (χ0n) is 15.0. The summed E-state index contributed by atoms with van der Waals surface area (Å²) in [5, 5.41) is 4.49. The largest absolute Gasteiger partial charge is 0.152 e. The van der Waals surface area contributed by atoms with Crippen molar-refractivity contribution >= 4 is 11.3 Å². The van der Waals surface area contributed by atoms with Gasteiger partial charge in [0.1, 0.15) is 0 Å². The summed E-state index contributed by atoms with van der Waals surface area (Å²) in [6.45, 7) is 2.30. The molecule has 0 spiro atoms. The molecule has 128 valence electrons. The predicted octanol–water partition coefficient (Wildman–Crippen LogP) is 8.16. The van der Waals surface area contributed by atoms with E-state index in [0.717, 1.165) is 0 Å². The molecule has 0 saturated heterocycles. The van der Waals surface area contributed by atoms with Crippen molar-refractivity contribution < 1.29 is 0 Å². The molecule has 1 rings (SSSR count). The van der Waals surface area contributed by atoms with Crippen LogP contribution in [0.25, 0.3) is 0 Å². The average molecular weight is 323 g/mol. The Kier molecular flexibility index (Phi) is 14.0.